The maximum absolute atomic E-state index is 9.34. The Morgan fingerprint density at radius 3 is 2.05 bits per heavy atom. The zero-order chi connectivity index (χ0) is 50.5. The highest BCUT2D eigenvalue weighted by molar-refractivity contribution is 6.09. The lowest BCUT2D eigenvalue weighted by Gasteiger charge is -2.18. The van der Waals surface area contributed by atoms with Gasteiger partial charge in [-0.1, -0.05) is 148 Å². The monoisotopic (exact) mass is 763 g/mol. The van der Waals surface area contributed by atoms with Crippen molar-refractivity contribution in [3.8, 4) is 50.9 Å². The molecule has 0 fully saturated rings. The van der Waals surface area contributed by atoms with E-state index in [4.69, 9.17) is 21.2 Å². The molecule has 3 aromatic heterocycles. The minimum atomic E-state index is -0.584. The van der Waals surface area contributed by atoms with Crippen molar-refractivity contribution >= 4 is 32.8 Å². The van der Waals surface area contributed by atoms with Gasteiger partial charge >= 0.3 is 0 Å². The number of aromatic nitrogens is 4. The Labute approximate surface area is 357 Å². The average Bonchev–Trinajstić information content (AvgIpc) is 3.90. The smallest absolute Gasteiger partial charge is 0.269 e. The molecule has 0 N–H and O–H groups in total. The molecule has 0 saturated carbocycles. The van der Waals surface area contributed by atoms with Crippen molar-refractivity contribution < 1.29 is 27.1 Å². The van der Waals surface area contributed by atoms with Gasteiger partial charge in [0.05, 0.1) is 51.3 Å². The summed E-state index contributed by atoms with van der Waals surface area (Å²) in [6.07, 6.45) is 3.59. The molecule has 7 aromatic carbocycles. The molecule has 0 spiro atoms. The molecule has 0 saturated heterocycles. The Bertz CT molecular complexity index is 3730. The second kappa shape index (κ2) is 14.4. The van der Waals surface area contributed by atoms with Crippen LogP contribution in [0.2, 0.25) is 0 Å². The second-order valence-corrected chi connectivity index (χ2v) is 15.1. The second-order valence-electron chi connectivity index (χ2n) is 15.1. The summed E-state index contributed by atoms with van der Waals surface area (Å²) in [5.74, 6) is 1.12. The molecular weight excluding hydrogens is 709 g/mol. The quantitative estimate of drug-likeness (QED) is 0.114. The summed E-state index contributed by atoms with van der Waals surface area (Å²) in [6.45, 7) is 6.09. The standard InChI is InChI=1S/C53H42N4O/c1-53(2,3)35-37-30-31-54-51(32-37)57-47-25-11-10-22-45(47)46-29-28-42(34-50(46)57)58-41-21-14-20-40(33-41)55-36-56(49-27-13-12-26-48(49)55)52-43(38-16-6-4-7-17-38)23-15-24-44(52)39-18-8-5-9-19-39/h4-34H,35H2,1-3H3/i4D,5D,6D,7D,8D,9D,16D,17D,18D,19D,30D,31D,32D. The SMILES string of the molecule is [2H]c1nc(-n2c3ccccc3c3ccc(Oc4cccc(-n5[c-][n+](-c6c(-c7c([2H])c([2H])c([2H])c([2H])c7[2H])cccc6-c6c([2H])c([2H])c([2H])c([2H])c6[2H])c6ccccc65)c4)cc32)c([2H])c(CC(C)(C)C)c1[2H]. The average molecular weight is 764 g/mol. The summed E-state index contributed by atoms with van der Waals surface area (Å²) >= 11 is 0. The Morgan fingerprint density at radius 2 is 1.31 bits per heavy atom. The van der Waals surface area contributed by atoms with Crippen molar-refractivity contribution in [2.45, 2.75) is 27.2 Å². The lowest BCUT2D eigenvalue weighted by molar-refractivity contribution is -0.571. The highest BCUT2D eigenvalue weighted by Crippen LogP contribution is 2.37. The number of fused-ring (bicyclic) bond motifs is 4. The molecule has 280 valence electrons. The van der Waals surface area contributed by atoms with Crippen molar-refractivity contribution in [3.63, 3.8) is 0 Å². The highest BCUT2D eigenvalue weighted by atomic mass is 16.5. The third kappa shape index (κ3) is 6.50. The molecule has 0 amide bonds. The van der Waals surface area contributed by atoms with E-state index in [1.54, 1.807) is 57.7 Å². The Hall–Kier alpha value is -7.24. The summed E-state index contributed by atoms with van der Waals surface area (Å²) in [5.41, 5.74) is 3.45. The molecule has 3 heterocycles. The number of pyridine rings is 1. The van der Waals surface area contributed by atoms with Gasteiger partial charge in [0, 0.05) is 23.0 Å². The molecule has 0 atom stereocenters. The van der Waals surface area contributed by atoms with E-state index in [1.807, 2.05) is 86.0 Å². The molecule has 10 aromatic rings. The first-order chi connectivity index (χ1) is 33.8. The maximum Gasteiger partial charge on any atom is 0.269 e. The van der Waals surface area contributed by atoms with E-state index in [9.17, 15) is 1.37 Å². The fourth-order valence-electron chi connectivity index (χ4n) is 7.51. The van der Waals surface area contributed by atoms with Crippen molar-refractivity contribution in [1.82, 2.24) is 14.1 Å². The van der Waals surface area contributed by atoms with E-state index in [2.05, 4.69) is 11.3 Å². The van der Waals surface area contributed by atoms with Crippen LogP contribution in [-0.4, -0.2) is 14.1 Å². The molecule has 0 aliphatic carbocycles. The zero-order valence-electron chi connectivity index (χ0n) is 44.8. The Kier molecular flexibility index (Phi) is 5.88. The topological polar surface area (TPSA) is 35.9 Å². The maximum atomic E-state index is 9.34. The van der Waals surface area contributed by atoms with Gasteiger partial charge in [0.1, 0.15) is 17.3 Å². The van der Waals surface area contributed by atoms with E-state index >= 15 is 0 Å². The summed E-state index contributed by atoms with van der Waals surface area (Å²) in [7, 11) is 0. The third-order valence-corrected chi connectivity index (χ3v) is 9.87. The van der Waals surface area contributed by atoms with Crippen LogP contribution in [0, 0.1) is 11.7 Å². The van der Waals surface area contributed by atoms with Crippen molar-refractivity contribution in [2.75, 3.05) is 0 Å². The zero-order valence-corrected chi connectivity index (χ0v) is 31.8. The van der Waals surface area contributed by atoms with Crippen LogP contribution in [-0.2, 0) is 6.42 Å². The number of hydrogen-bond acceptors (Lipinski definition) is 2. The number of para-hydroxylation sites is 4. The number of benzene rings is 7. The van der Waals surface area contributed by atoms with Crippen LogP contribution in [0.25, 0.3) is 72.3 Å². The lowest BCUT2D eigenvalue weighted by atomic mass is 9.88. The fraction of sp³-hybridized carbons (Fsp3) is 0.0943. The van der Waals surface area contributed by atoms with Gasteiger partial charge in [-0.15, -0.1) is 0 Å². The van der Waals surface area contributed by atoms with Crippen LogP contribution in [0.3, 0.4) is 0 Å². The number of hydrogen-bond donors (Lipinski definition) is 0. The number of imidazole rings is 1. The summed E-state index contributed by atoms with van der Waals surface area (Å²) in [5, 5.41) is 1.77. The van der Waals surface area contributed by atoms with E-state index in [1.165, 1.54) is 0 Å². The lowest BCUT2D eigenvalue weighted by Crippen LogP contribution is -2.31. The molecule has 0 aliphatic rings. The van der Waals surface area contributed by atoms with Gasteiger partial charge in [-0.3, -0.25) is 13.7 Å². The van der Waals surface area contributed by atoms with Gasteiger partial charge in [-0.2, -0.15) is 0 Å². The van der Waals surface area contributed by atoms with Gasteiger partial charge in [0.15, 0.2) is 0 Å². The van der Waals surface area contributed by atoms with Crippen LogP contribution < -0.4 is 9.30 Å². The predicted octanol–water partition coefficient (Wildman–Crippen LogP) is 12.9. The van der Waals surface area contributed by atoms with E-state index < -0.39 is 60.4 Å². The molecule has 0 bridgehead atoms. The molecule has 0 aliphatic heterocycles. The fourth-order valence-corrected chi connectivity index (χ4v) is 7.51. The first-order valence-corrected chi connectivity index (χ1v) is 18.8. The normalized spacial score (nSPS) is 14.9. The molecule has 0 unspecified atom stereocenters. The van der Waals surface area contributed by atoms with E-state index in [-0.39, 0.29) is 57.4 Å². The number of nitrogens with zero attached hydrogens (tertiary/aromatic N) is 4. The number of rotatable bonds is 8. The van der Waals surface area contributed by atoms with E-state index in [0.717, 1.165) is 16.3 Å². The first kappa shape index (κ1) is 23.7. The largest absolute Gasteiger partial charge is 0.458 e. The minimum Gasteiger partial charge on any atom is -0.458 e. The molecule has 5 nitrogen and oxygen atoms in total. The Balaban J connectivity index is 1.14. The summed E-state index contributed by atoms with van der Waals surface area (Å²) in [6, 6.07) is 27.2. The minimum absolute atomic E-state index is 0.0655. The molecule has 0 radical (unpaired) electrons. The van der Waals surface area contributed by atoms with Crippen LogP contribution in [0.4, 0.5) is 0 Å². The van der Waals surface area contributed by atoms with Crippen LogP contribution in [0.5, 0.6) is 11.5 Å². The van der Waals surface area contributed by atoms with Crippen LogP contribution >= 0.6 is 0 Å². The third-order valence-electron chi connectivity index (χ3n) is 9.87. The van der Waals surface area contributed by atoms with Crippen LogP contribution in [0.1, 0.15) is 44.2 Å². The van der Waals surface area contributed by atoms with Gasteiger partial charge in [-0.25, -0.2) is 4.98 Å². The molecular formula is C53H42N4O. The van der Waals surface area contributed by atoms with Crippen LogP contribution in [0.15, 0.2) is 188 Å². The Morgan fingerprint density at radius 1 is 0.655 bits per heavy atom. The molecule has 5 heteroatoms. The van der Waals surface area contributed by atoms with Crippen molar-refractivity contribution in [2.24, 2.45) is 5.41 Å². The van der Waals surface area contributed by atoms with Gasteiger partial charge in [0.2, 0.25) is 0 Å². The molecule has 58 heavy (non-hydrogen) atoms. The van der Waals surface area contributed by atoms with Gasteiger partial charge in [0.25, 0.3) is 6.33 Å². The number of ether oxygens (including phenoxy) is 1. The highest BCUT2D eigenvalue weighted by Gasteiger charge is 2.20. The molecule has 10 rings (SSSR count). The van der Waals surface area contributed by atoms with Crippen molar-refractivity contribution in [1.29, 1.82) is 0 Å². The predicted molar refractivity (Wildman–Crippen MR) is 236 cm³/mol. The first-order valence-electron chi connectivity index (χ1n) is 25.3. The van der Waals surface area contributed by atoms with Gasteiger partial charge < -0.3 is 4.74 Å². The van der Waals surface area contributed by atoms with Crippen molar-refractivity contribution in [3.05, 3.63) is 200 Å². The van der Waals surface area contributed by atoms with E-state index in [0.29, 0.717) is 45.7 Å². The van der Waals surface area contributed by atoms with Gasteiger partial charge in [-0.05, 0) is 88.1 Å². The summed E-state index contributed by atoms with van der Waals surface area (Å²) < 4.78 is 125. The summed E-state index contributed by atoms with van der Waals surface area (Å²) in [4.78, 5) is 4.52.